The number of rotatable bonds is 22. The minimum atomic E-state index is -1.92. The van der Waals surface area contributed by atoms with Gasteiger partial charge in [-0.05, 0) is 67.9 Å². The highest BCUT2D eigenvalue weighted by Gasteiger charge is 2.53. The lowest BCUT2D eigenvalue weighted by Crippen LogP contribution is -2.58. The Morgan fingerprint density at radius 1 is 0.957 bits per heavy atom. The highest BCUT2D eigenvalue weighted by Crippen LogP contribution is 2.41. The minimum absolute atomic E-state index is 0.0728. The molecular formula is C49H64ClFN10O8S. The fourth-order valence-corrected chi connectivity index (χ4v) is 9.29. The number of nitrogens with zero attached hydrogens (tertiary/aromatic N) is 6. The number of aryl methyl sites for hydroxylation is 1. The molecule has 0 radical (unpaired) electrons. The average Bonchev–Trinajstić information content (AvgIpc) is 3.68. The van der Waals surface area contributed by atoms with E-state index in [0.29, 0.717) is 98.4 Å². The summed E-state index contributed by atoms with van der Waals surface area (Å²) in [5, 5.41) is 12.1. The maximum Gasteiger partial charge on any atom is 0.258 e. The van der Waals surface area contributed by atoms with Crippen molar-refractivity contribution in [1.82, 2.24) is 40.3 Å². The van der Waals surface area contributed by atoms with Crippen LogP contribution in [-0.2, 0) is 30.4 Å². The minimum Gasteiger partial charge on any atom is -0.495 e. The van der Waals surface area contributed by atoms with Crippen molar-refractivity contribution < 1.29 is 42.5 Å². The van der Waals surface area contributed by atoms with E-state index < -0.39 is 35.0 Å². The van der Waals surface area contributed by atoms with Gasteiger partial charge in [-0.3, -0.25) is 24.1 Å². The maximum absolute atomic E-state index is 14.6. The Morgan fingerprint density at radius 2 is 1.70 bits per heavy atom. The zero-order valence-electron chi connectivity index (χ0n) is 40.7. The number of hydrogen-bond donors (Lipinski definition) is 4. The number of alkyl halides is 1. The SMILES string of the molecule is CNc1nc(Nc2ccc(C(=O)N3CCN(CCOCCOCCOc4cc(-c5scnc5C)ccc4CNC(=O)C4CCCN4C(=O)[C@@H](NC(=O)C4(F)CC4)C(C)(C)C)CC3)cc2OC)ncc1Cl. The quantitative estimate of drug-likeness (QED) is 0.0682. The first-order valence-electron chi connectivity index (χ1n) is 23.6. The molecule has 4 heterocycles. The van der Waals surface area contributed by atoms with Crippen LogP contribution < -0.4 is 30.7 Å². The van der Waals surface area contributed by atoms with Crippen molar-refractivity contribution in [1.29, 1.82) is 0 Å². The lowest BCUT2D eigenvalue weighted by atomic mass is 9.85. The number of hydrogen-bond acceptors (Lipinski definition) is 15. The molecule has 3 fully saturated rings. The molecule has 1 saturated carbocycles. The second kappa shape index (κ2) is 23.5. The van der Waals surface area contributed by atoms with Crippen molar-refractivity contribution in [2.24, 2.45) is 5.41 Å². The third-order valence-electron chi connectivity index (χ3n) is 12.6. The van der Waals surface area contributed by atoms with E-state index in [2.05, 4.69) is 41.1 Å². The van der Waals surface area contributed by atoms with Gasteiger partial charge in [-0.15, -0.1) is 11.3 Å². The highest BCUT2D eigenvalue weighted by molar-refractivity contribution is 7.13. The van der Waals surface area contributed by atoms with Crippen molar-refractivity contribution >= 4 is 64.0 Å². The number of carbonyl (C=O) groups is 4. The lowest BCUT2D eigenvalue weighted by Gasteiger charge is -2.35. The molecule has 1 aliphatic carbocycles. The van der Waals surface area contributed by atoms with Gasteiger partial charge in [-0.2, -0.15) is 4.98 Å². The number of methoxy groups -OCH3 is 1. The predicted molar refractivity (Wildman–Crippen MR) is 266 cm³/mol. The highest BCUT2D eigenvalue weighted by atomic mass is 35.5. The largest absolute Gasteiger partial charge is 0.495 e. The first-order chi connectivity index (χ1) is 33.6. The molecule has 378 valence electrons. The Labute approximate surface area is 417 Å². The summed E-state index contributed by atoms with van der Waals surface area (Å²) >= 11 is 7.65. The van der Waals surface area contributed by atoms with Gasteiger partial charge < -0.3 is 50.0 Å². The van der Waals surface area contributed by atoms with Crippen molar-refractivity contribution in [3.8, 4) is 21.9 Å². The number of nitrogens with one attached hydrogen (secondary N) is 4. The number of piperazine rings is 1. The zero-order valence-corrected chi connectivity index (χ0v) is 42.3. The molecule has 0 bridgehead atoms. The molecule has 2 aliphatic heterocycles. The van der Waals surface area contributed by atoms with Gasteiger partial charge in [-0.25, -0.2) is 14.4 Å². The molecule has 4 N–H and O–H groups in total. The molecule has 2 aromatic heterocycles. The van der Waals surface area contributed by atoms with Crippen LogP contribution >= 0.6 is 22.9 Å². The second-order valence-electron chi connectivity index (χ2n) is 18.6. The Hall–Kier alpha value is -5.67. The molecule has 2 aromatic carbocycles. The van der Waals surface area contributed by atoms with Gasteiger partial charge >= 0.3 is 0 Å². The molecule has 18 nitrogen and oxygen atoms in total. The fraction of sp³-hybridized carbons (Fsp3) is 0.531. The number of halogens is 2. The molecule has 21 heteroatoms. The molecule has 3 aliphatic rings. The summed E-state index contributed by atoms with van der Waals surface area (Å²) < 4.78 is 38.2. The van der Waals surface area contributed by atoms with E-state index in [1.165, 1.54) is 22.4 Å². The first kappa shape index (κ1) is 52.2. The van der Waals surface area contributed by atoms with Crippen LogP contribution in [0, 0.1) is 12.3 Å². The normalized spacial score (nSPS) is 17.2. The number of anilines is 3. The maximum atomic E-state index is 14.6. The number of thiazole rings is 1. The van der Waals surface area contributed by atoms with Crippen molar-refractivity contribution in [2.45, 2.75) is 77.7 Å². The summed E-state index contributed by atoms with van der Waals surface area (Å²) in [6.07, 6.45) is 2.88. The summed E-state index contributed by atoms with van der Waals surface area (Å²) in [6.45, 7) is 13.1. The topological polar surface area (TPSA) is 202 Å². The zero-order chi connectivity index (χ0) is 50.0. The summed E-state index contributed by atoms with van der Waals surface area (Å²) in [4.78, 5) is 73.3. The second-order valence-corrected chi connectivity index (χ2v) is 19.9. The molecule has 1 unspecified atom stereocenters. The smallest absolute Gasteiger partial charge is 0.258 e. The number of benzene rings is 2. The predicted octanol–water partition coefficient (Wildman–Crippen LogP) is 5.87. The molecular weight excluding hydrogens is 943 g/mol. The number of aromatic nitrogens is 3. The molecule has 2 saturated heterocycles. The average molecular weight is 1010 g/mol. The third-order valence-corrected chi connectivity index (χ3v) is 13.8. The van der Waals surface area contributed by atoms with Gasteiger partial charge in [-0.1, -0.05) is 44.5 Å². The van der Waals surface area contributed by atoms with Gasteiger partial charge in [0.25, 0.3) is 11.8 Å². The fourth-order valence-electron chi connectivity index (χ4n) is 8.30. The molecule has 4 aromatic rings. The molecule has 7 rings (SSSR count). The summed E-state index contributed by atoms with van der Waals surface area (Å²) in [6, 6.07) is 9.35. The monoisotopic (exact) mass is 1010 g/mol. The summed E-state index contributed by atoms with van der Waals surface area (Å²) in [5.74, 6) is 0.334. The van der Waals surface area contributed by atoms with Crippen LogP contribution in [0.2, 0.25) is 5.02 Å². The Balaban J connectivity index is 0.825. The van der Waals surface area contributed by atoms with Crippen LogP contribution in [0.15, 0.2) is 48.1 Å². The first-order valence-corrected chi connectivity index (χ1v) is 24.9. The summed E-state index contributed by atoms with van der Waals surface area (Å²) in [5.41, 5.74) is 2.89. The van der Waals surface area contributed by atoms with Crippen LogP contribution in [-0.4, -0.2) is 157 Å². The molecule has 2 atom stereocenters. The third kappa shape index (κ3) is 13.2. The van der Waals surface area contributed by atoms with Crippen molar-refractivity contribution in [3.63, 3.8) is 0 Å². The van der Waals surface area contributed by atoms with E-state index in [0.717, 1.165) is 41.3 Å². The van der Waals surface area contributed by atoms with Crippen LogP contribution in [0.3, 0.4) is 0 Å². The van der Waals surface area contributed by atoms with E-state index in [-0.39, 0.29) is 37.8 Å². The van der Waals surface area contributed by atoms with E-state index in [1.807, 2.05) is 50.8 Å². The van der Waals surface area contributed by atoms with Crippen LogP contribution in [0.5, 0.6) is 11.5 Å². The molecule has 0 spiro atoms. The van der Waals surface area contributed by atoms with Crippen LogP contribution in [0.25, 0.3) is 10.4 Å². The number of amides is 4. The van der Waals surface area contributed by atoms with E-state index in [9.17, 15) is 23.6 Å². The van der Waals surface area contributed by atoms with Gasteiger partial charge in [0, 0.05) is 64.0 Å². The van der Waals surface area contributed by atoms with Gasteiger partial charge in [0.05, 0.1) is 61.5 Å². The van der Waals surface area contributed by atoms with Crippen molar-refractivity contribution in [3.05, 3.63) is 69.9 Å². The van der Waals surface area contributed by atoms with E-state index in [1.54, 1.807) is 37.9 Å². The van der Waals surface area contributed by atoms with Gasteiger partial charge in [0.15, 0.2) is 5.67 Å². The number of carbonyl (C=O) groups excluding carboxylic acids is 4. The van der Waals surface area contributed by atoms with Crippen LogP contribution in [0.1, 0.15) is 68.1 Å². The molecule has 4 amide bonds. The van der Waals surface area contributed by atoms with E-state index in [4.69, 9.17) is 30.5 Å². The van der Waals surface area contributed by atoms with Crippen LogP contribution in [0.4, 0.5) is 21.8 Å². The standard InChI is InChI=1S/C49H64ClFN10O8S/c1-31-40(70-30-55-31)32-9-10-34(28-53-43(62)37-8-7-15-61(37)45(64)41(48(2,3)4)57-46(65)49(51)13-14-49)38(26-32)69-25-24-68-23-22-67-21-20-59-16-18-60(19-17-59)44(63)33-11-12-36(39(27-33)66-6)56-47-54-29-35(50)42(52-5)58-47/h9-12,26-27,29-30,37,41H,7-8,13-25,28H2,1-6H3,(H,53,62)(H,57,65)(H2,52,54,56,58)/t37?,41-/m1/s1. The Morgan fingerprint density at radius 3 is 2.39 bits per heavy atom. The Kier molecular flexibility index (Phi) is 17.5. The van der Waals surface area contributed by atoms with Crippen molar-refractivity contribution in [2.75, 3.05) is 97.1 Å². The lowest BCUT2D eigenvalue weighted by molar-refractivity contribution is -0.144. The number of ether oxygens (including phenoxy) is 4. The molecule has 70 heavy (non-hydrogen) atoms. The Bertz CT molecular complexity index is 2480. The van der Waals surface area contributed by atoms with Gasteiger partial charge in [0.2, 0.25) is 17.8 Å². The van der Waals surface area contributed by atoms with Gasteiger partial charge in [0.1, 0.15) is 41.0 Å². The summed E-state index contributed by atoms with van der Waals surface area (Å²) in [7, 11) is 3.26. The van der Waals surface area contributed by atoms with E-state index >= 15 is 0 Å². The number of likely N-dealkylation sites (tertiary alicyclic amines) is 1.